The van der Waals surface area contributed by atoms with Crippen molar-refractivity contribution in [3.63, 3.8) is 0 Å². The minimum absolute atomic E-state index is 0.195. The summed E-state index contributed by atoms with van der Waals surface area (Å²) >= 11 is 1.63. The summed E-state index contributed by atoms with van der Waals surface area (Å²) in [7, 11) is 1.58. The largest absolute Gasteiger partial charge is 0.497 e. The smallest absolute Gasteiger partial charge is 0.259 e. The van der Waals surface area contributed by atoms with Crippen LogP contribution in [0.4, 0.5) is 0 Å². The van der Waals surface area contributed by atoms with Crippen LogP contribution in [0.1, 0.15) is 5.56 Å². The third kappa shape index (κ3) is 2.27. The number of hydrogen-bond donors (Lipinski definition) is 1. The van der Waals surface area contributed by atoms with E-state index in [1.54, 1.807) is 30.7 Å². The van der Waals surface area contributed by atoms with Gasteiger partial charge in [0.25, 0.3) is 5.56 Å². The quantitative estimate of drug-likeness (QED) is 0.613. The lowest BCUT2D eigenvalue weighted by molar-refractivity contribution is 0.415. The van der Waals surface area contributed by atoms with E-state index in [1.807, 2.05) is 30.5 Å². The number of thiophene rings is 1. The van der Waals surface area contributed by atoms with Gasteiger partial charge in [0, 0.05) is 6.20 Å². The molecule has 0 radical (unpaired) electrons. The van der Waals surface area contributed by atoms with Gasteiger partial charge in [0.05, 0.1) is 22.7 Å². The van der Waals surface area contributed by atoms with Crippen LogP contribution in [-0.2, 0) is 0 Å². The second-order valence-corrected chi connectivity index (χ2v) is 6.23. The highest BCUT2D eigenvalue weighted by Crippen LogP contribution is 2.25. The maximum Gasteiger partial charge on any atom is 0.259 e. The molecule has 1 N–H and O–H groups in total. The van der Waals surface area contributed by atoms with Crippen molar-refractivity contribution in [1.29, 1.82) is 0 Å². The number of nitrogens with zero attached hydrogens (tertiary/aromatic N) is 2. The van der Waals surface area contributed by atoms with Crippen LogP contribution in [0.15, 0.2) is 40.6 Å². The van der Waals surface area contributed by atoms with Crippen LogP contribution in [0.2, 0.25) is 0 Å². The van der Waals surface area contributed by atoms with E-state index in [2.05, 4.69) is 15.0 Å². The van der Waals surface area contributed by atoms with Gasteiger partial charge in [0.2, 0.25) is 0 Å². The number of H-pyrrole nitrogens is 1. The molecule has 4 aromatic rings. The van der Waals surface area contributed by atoms with Crippen molar-refractivity contribution < 1.29 is 4.74 Å². The Morgan fingerprint density at radius 3 is 2.96 bits per heavy atom. The van der Waals surface area contributed by atoms with E-state index in [-0.39, 0.29) is 5.56 Å². The van der Waals surface area contributed by atoms with Crippen molar-refractivity contribution in [3.05, 3.63) is 51.8 Å². The third-order valence-corrected chi connectivity index (χ3v) is 4.66. The van der Waals surface area contributed by atoms with Crippen molar-refractivity contribution in [3.8, 4) is 17.3 Å². The summed E-state index contributed by atoms with van der Waals surface area (Å²) in [6.07, 6.45) is 1.81. The molecule has 3 heterocycles. The van der Waals surface area contributed by atoms with E-state index >= 15 is 0 Å². The molecule has 0 atom stereocenters. The molecule has 6 heteroatoms. The zero-order chi connectivity index (χ0) is 16.0. The first-order valence-corrected chi connectivity index (χ1v) is 7.96. The van der Waals surface area contributed by atoms with Crippen LogP contribution in [0.5, 0.6) is 5.75 Å². The standard InChI is InChI=1S/C17H13N3O2S/c1-9-5-11(22-2)7-12-15(9)19-16(20-17(12)21)13-6-10-3-4-23-14(10)8-18-13/h3-8H,1-2H3,(H,19,20,21). The molecule has 0 aliphatic rings. The van der Waals surface area contributed by atoms with E-state index < -0.39 is 0 Å². The first-order chi connectivity index (χ1) is 11.2. The molecule has 0 fully saturated rings. The van der Waals surface area contributed by atoms with E-state index in [1.165, 1.54) is 0 Å². The molecule has 0 spiro atoms. The lowest BCUT2D eigenvalue weighted by atomic mass is 10.1. The van der Waals surface area contributed by atoms with Gasteiger partial charge < -0.3 is 9.72 Å². The fourth-order valence-electron chi connectivity index (χ4n) is 2.62. The van der Waals surface area contributed by atoms with Crippen molar-refractivity contribution in [2.45, 2.75) is 6.92 Å². The summed E-state index contributed by atoms with van der Waals surface area (Å²) in [5.74, 6) is 1.12. The monoisotopic (exact) mass is 323 g/mol. The molecule has 0 aliphatic heterocycles. The molecule has 0 saturated heterocycles. The molecule has 0 bridgehead atoms. The highest BCUT2D eigenvalue weighted by atomic mass is 32.1. The highest BCUT2D eigenvalue weighted by Gasteiger charge is 2.11. The minimum atomic E-state index is -0.195. The first kappa shape index (κ1) is 13.9. The molecule has 5 nitrogen and oxygen atoms in total. The minimum Gasteiger partial charge on any atom is -0.497 e. The Hall–Kier alpha value is -2.73. The van der Waals surface area contributed by atoms with E-state index in [4.69, 9.17) is 4.74 Å². The summed E-state index contributed by atoms with van der Waals surface area (Å²) < 4.78 is 6.33. The zero-order valence-corrected chi connectivity index (χ0v) is 13.4. The number of ether oxygens (including phenoxy) is 1. The highest BCUT2D eigenvalue weighted by molar-refractivity contribution is 7.17. The van der Waals surface area contributed by atoms with E-state index in [0.29, 0.717) is 28.2 Å². The molecule has 0 aliphatic carbocycles. The van der Waals surface area contributed by atoms with Gasteiger partial charge in [0.15, 0.2) is 5.82 Å². The van der Waals surface area contributed by atoms with Crippen LogP contribution in [0, 0.1) is 6.92 Å². The van der Waals surface area contributed by atoms with E-state index in [0.717, 1.165) is 15.6 Å². The Balaban J connectivity index is 1.97. The number of benzene rings is 1. The fourth-order valence-corrected chi connectivity index (χ4v) is 3.36. The molecule has 114 valence electrons. The number of aromatic nitrogens is 3. The molecule has 0 saturated carbocycles. The van der Waals surface area contributed by atoms with Gasteiger partial charge in [-0.3, -0.25) is 9.78 Å². The number of pyridine rings is 1. The van der Waals surface area contributed by atoms with Gasteiger partial charge in [-0.1, -0.05) is 0 Å². The van der Waals surface area contributed by atoms with Crippen LogP contribution in [-0.4, -0.2) is 22.1 Å². The predicted octanol–water partition coefficient (Wildman–Crippen LogP) is 3.52. The lowest BCUT2D eigenvalue weighted by Gasteiger charge is -2.07. The van der Waals surface area contributed by atoms with Crippen LogP contribution >= 0.6 is 11.3 Å². The van der Waals surface area contributed by atoms with Gasteiger partial charge in [-0.2, -0.15) is 0 Å². The average Bonchev–Trinajstić information content (AvgIpc) is 3.02. The molecule has 3 aromatic heterocycles. The van der Waals surface area contributed by atoms with Crippen LogP contribution < -0.4 is 10.3 Å². The van der Waals surface area contributed by atoms with Crippen LogP contribution in [0.25, 0.3) is 32.5 Å². The van der Waals surface area contributed by atoms with Gasteiger partial charge in [-0.25, -0.2) is 4.98 Å². The summed E-state index contributed by atoms with van der Waals surface area (Å²) in [4.78, 5) is 24.3. The Labute approximate surface area is 135 Å². The zero-order valence-electron chi connectivity index (χ0n) is 12.6. The average molecular weight is 323 g/mol. The molecule has 0 amide bonds. The van der Waals surface area contributed by atoms with Gasteiger partial charge in [-0.15, -0.1) is 11.3 Å². The maximum atomic E-state index is 12.4. The summed E-state index contributed by atoms with van der Waals surface area (Å²) in [5, 5.41) is 3.62. The first-order valence-electron chi connectivity index (χ1n) is 7.08. The number of aryl methyl sites for hydroxylation is 1. The number of methoxy groups -OCH3 is 1. The maximum absolute atomic E-state index is 12.4. The van der Waals surface area contributed by atoms with Gasteiger partial charge in [0.1, 0.15) is 11.4 Å². The second kappa shape index (κ2) is 5.17. The Kier molecular flexibility index (Phi) is 3.12. The summed E-state index contributed by atoms with van der Waals surface area (Å²) in [6, 6.07) is 7.54. The third-order valence-electron chi connectivity index (χ3n) is 3.79. The second-order valence-electron chi connectivity index (χ2n) is 5.28. The van der Waals surface area contributed by atoms with Crippen molar-refractivity contribution in [1.82, 2.24) is 15.0 Å². The van der Waals surface area contributed by atoms with Crippen molar-refractivity contribution in [2.75, 3.05) is 7.11 Å². The molecular weight excluding hydrogens is 310 g/mol. The van der Waals surface area contributed by atoms with Gasteiger partial charge in [-0.05, 0) is 47.5 Å². The number of hydrogen-bond acceptors (Lipinski definition) is 5. The number of nitrogens with one attached hydrogen (secondary N) is 1. The SMILES string of the molecule is COc1cc(C)c2nc(-c3cc4ccsc4cn3)[nH]c(=O)c2c1. The van der Waals surface area contributed by atoms with E-state index in [9.17, 15) is 4.79 Å². The Morgan fingerprint density at radius 1 is 1.26 bits per heavy atom. The molecule has 1 aromatic carbocycles. The number of fused-ring (bicyclic) bond motifs is 2. The van der Waals surface area contributed by atoms with Crippen molar-refractivity contribution >= 4 is 32.3 Å². The number of rotatable bonds is 2. The molecule has 23 heavy (non-hydrogen) atoms. The summed E-state index contributed by atoms with van der Waals surface area (Å²) in [5.41, 5.74) is 2.02. The summed E-state index contributed by atoms with van der Waals surface area (Å²) in [6.45, 7) is 1.91. The lowest BCUT2D eigenvalue weighted by Crippen LogP contribution is -2.11. The Morgan fingerprint density at radius 2 is 2.13 bits per heavy atom. The fraction of sp³-hybridized carbons (Fsp3) is 0.118. The molecule has 4 rings (SSSR count). The van der Waals surface area contributed by atoms with Crippen molar-refractivity contribution in [2.24, 2.45) is 0 Å². The van der Waals surface area contributed by atoms with Crippen LogP contribution in [0.3, 0.4) is 0 Å². The molecular formula is C17H13N3O2S. The molecule has 0 unspecified atom stereocenters. The predicted molar refractivity (Wildman–Crippen MR) is 92.3 cm³/mol. The van der Waals surface area contributed by atoms with Gasteiger partial charge >= 0.3 is 0 Å². The number of aromatic amines is 1. The Bertz CT molecular complexity index is 1100. The topological polar surface area (TPSA) is 67.9 Å². The normalized spacial score (nSPS) is 11.2.